The Morgan fingerprint density at radius 1 is 1.18 bits per heavy atom. The van der Waals surface area contributed by atoms with Crippen molar-refractivity contribution < 1.29 is 18.0 Å². The quantitative estimate of drug-likeness (QED) is 0.613. The van der Waals surface area contributed by atoms with Crippen molar-refractivity contribution in [3.05, 3.63) is 41.7 Å². The van der Waals surface area contributed by atoms with Gasteiger partial charge in [-0.05, 0) is 31.7 Å². The molecule has 3 aliphatic rings. The number of amides is 1. The zero-order valence-electron chi connectivity index (χ0n) is 18.5. The van der Waals surface area contributed by atoms with E-state index in [0.717, 1.165) is 34.1 Å². The van der Waals surface area contributed by atoms with Gasteiger partial charge in [0.15, 0.2) is 0 Å². The smallest absolute Gasteiger partial charge is 0.360 e. The van der Waals surface area contributed by atoms with Crippen LogP contribution in [0.5, 0.6) is 0 Å². The maximum Gasteiger partial charge on any atom is 0.403 e. The minimum absolute atomic E-state index is 0.0238. The number of carbonyl (C=O) groups is 1. The molecule has 1 saturated carbocycles. The van der Waals surface area contributed by atoms with E-state index in [1.165, 1.54) is 4.90 Å². The molecule has 2 fully saturated rings. The lowest BCUT2D eigenvalue weighted by Crippen LogP contribution is -2.46. The molecule has 2 aromatic heterocycles. The number of aromatic nitrogens is 3. The number of benzene rings is 1. The summed E-state index contributed by atoms with van der Waals surface area (Å²) in [6, 6.07) is 7.93. The van der Waals surface area contributed by atoms with Gasteiger partial charge in [0.25, 0.3) is 0 Å². The molecule has 2 aliphatic heterocycles. The van der Waals surface area contributed by atoms with Crippen LogP contribution in [0.25, 0.3) is 22.2 Å². The maximum absolute atomic E-state index is 13.6. The fraction of sp³-hybridized carbons (Fsp3) is 0.458. The number of halogens is 3. The molecule has 0 radical (unpaired) electrons. The van der Waals surface area contributed by atoms with Crippen LogP contribution in [0.15, 0.2) is 30.5 Å². The molecule has 1 saturated heterocycles. The number of nitrogens with one attached hydrogen (secondary N) is 1. The molecule has 34 heavy (non-hydrogen) atoms. The first-order valence-electron chi connectivity index (χ1n) is 11.6. The third kappa shape index (κ3) is 3.26. The average molecular weight is 470 g/mol. The third-order valence-electron chi connectivity index (χ3n) is 7.39. The molecule has 1 amide bonds. The number of H-pyrrole nitrogens is 1. The maximum atomic E-state index is 13.6. The summed E-state index contributed by atoms with van der Waals surface area (Å²) in [5.41, 5.74) is 8.05. The summed E-state index contributed by atoms with van der Waals surface area (Å²) in [4.78, 5) is 29.2. The molecular formula is C24H25F3N6O. The topological polar surface area (TPSA) is 91.1 Å². The standard InChI is InChI=1S/C24H25F3N6O/c25-24(26,27)23(7-8-23)21(34)32-10-6-16-19(13-32)30-22(33-9-5-14(28)12-33)31-20(16)17-11-29-18-4-2-1-3-15(17)18/h1-4,11,14,29H,5-10,12-13,28H2/t14-/m0/s1. The molecule has 0 unspecified atom stereocenters. The molecule has 3 N–H and O–H groups in total. The van der Waals surface area contributed by atoms with Crippen LogP contribution < -0.4 is 10.6 Å². The normalized spacial score (nSPS) is 21.7. The van der Waals surface area contributed by atoms with Crippen LogP contribution in [-0.4, -0.2) is 57.6 Å². The number of anilines is 1. The number of fused-ring (bicyclic) bond motifs is 2. The predicted molar refractivity (Wildman–Crippen MR) is 121 cm³/mol. The monoisotopic (exact) mass is 470 g/mol. The molecule has 1 aromatic carbocycles. The molecule has 10 heteroatoms. The molecule has 7 nitrogen and oxygen atoms in total. The lowest BCUT2D eigenvalue weighted by molar-refractivity contribution is -0.199. The Kier molecular flexibility index (Phi) is 4.68. The lowest BCUT2D eigenvalue weighted by atomic mass is 9.96. The molecule has 178 valence electrons. The van der Waals surface area contributed by atoms with Crippen LogP contribution in [0.2, 0.25) is 0 Å². The molecule has 1 atom stereocenters. The van der Waals surface area contributed by atoms with E-state index in [-0.39, 0.29) is 32.0 Å². The molecule has 0 spiro atoms. The van der Waals surface area contributed by atoms with Crippen molar-refractivity contribution >= 4 is 22.8 Å². The third-order valence-corrected chi connectivity index (χ3v) is 7.39. The Hall–Kier alpha value is -3.14. The van der Waals surface area contributed by atoms with Crippen LogP contribution in [0, 0.1) is 5.41 Å². The summed E-state index contributed by atoms with van der Waals surface area (Å²) in [5, 5.41) is 1.01. The van der Waals surface area contributed by atoms with Gasteiger partial charge in [-0.15, -0.1) is 0 Å². The Morgan fingerprint density at radius 2 is 1.97 bits per heavy atom. The molecule has 1 aliphatic carbocycles. The van der Waals surface area contributed by atoms with Gasteiger partial charge in [-0.2, -0.15) is 13.2 Å². The van der Waals surface area contributed by atoms with E-state index in [1.807, 2.05) is 35.4 Å². The van der Waals surface area contributed by atoms with Crippen molar-refractivity contribution in [2.45, 2.75) is 44.4 Å². The van der Waals surface area contributed by atoms with Gasteiger partial charge in [-0.3, -0.25) is 4.79 Å². The van der Waals surface area contributed by atoms with E-state index < -0.39 is 17.5 Å². The Balaban J connectivity index is 1.42. The largest absolute Gasteiger partial charge is 0.403 e. The number of nitrogens with zero attached hydrogens (tertiary/aromatic N) is 4. The zero-order valence-corrected chi connectivity index (χ0v) is 18.5. The fourth-order valence-corrected chi connectivity index (χ4v) is 5.24. The molecule has 6 rings (SSSR count). The first-order chi connectivity index (χ1) is 16.3. The highest BCUT2D eigenvalue weighted by Gasteiger charge is 2.69. The van der Waals surface area contributed by atoms with Gasteiger partial charge < -0.3 is 20.5 Å². The highest BCUT2D eigenvalue weighted by molar-refractivity contribution is 5.95. The summed E-state index contributed by atoms with van der Waals surface area (Å²) in [6.07, 6.45) is -1.67. The minimum atomic E-state index is -4.53. The molecule has 3 aromatic rings. The van der Waals surface area contributed by atoms with E-state index in [4.69, 9.17) is 15.7 Å². The zero-order chi connectivity index (χ0) is 23.7. The molecular weight excluding hydrogens is 445 g/mol. The summed E-state index contributed by atoms with van der Waals surface area (Å²) in [5.74, 6) is -0.319. The van der Waals surface area contributed by atoms with Gasteiger partial charge in [0.05, 0.1) is 17.9 Å². The van der Waals surface area contributed by atoms with Crippen molar-refractivity contribution in [1.82, 2.24) is 19.9 Å². The van der Waals surface area contributed by atoms with Crippen LogP contribution in [0.3, 0.4) is 0 Å². The van der Waals surface area contributed by atoms with Crippen LogP contribution in [-0.2, 0) is 17.8 Å². The van der Waals surface area contributed by atoms with Gasteiger partial charge >= 0.3 is 6.18 Å². The molecule has 4 heterocycles. The van der Waals surface area contributed by atoms with Gasteiger partial charge in [-0.1, -0.05) is 18.2 Å². The van der Waals surface area contributed by atoms with E-state index in [0.29, 0.717) is 31.2 Å². The second-order valence-electron chi connectivity index (χ2n) is 9.60. The highest BCUT2D eigenvalue weighted by atomic mass is 19.4. The number of hydrogen-bond acceptors (Lipinski definition) is 5. The minimum Gasteiger partial charge on any atom is -0.360 e. The second-order valence-corrected chi connectivity index (χ2v) is 9.60. The van der Waals surface area contributed by atoms with Crippen molar-refractivity contribution in [2.24, 2.45) is 11.1 Å². The average Bonchev–Trinajstić information content (AvgIpc) is 3.37. The predicted octanol–water partition coefficient (Wildman–Crippen LogP) is 3.39. The Labute approximate surface area is 194 Å². The van der Waals surface area contributed by atoms with Crippen LogP contribution in [0.1, 0.15) is 30.5 Å². The number of rotatable bonds is 3. The van der Waals surface area contributed by atoms with E-state index in [1.54, 1.807) is 0 Å². The van der Waals surface area contributed by atoms with Crippen molar-refractivity contribution in [2.75, 3.05) is 24.5 Å². The summed E-state index contributed by atoms with van der Waals surface area (Å²) >= 11 is 0. The summed E-state index contributed by atoms with van der Waals surface area (Å²) < 4.78 is 40.8. The summed E-state index contributed by atoms with van der Waals surface area (Å²) in [7, 11) is 0. The fourth-order valence-electron chi connectivity index (χ4n) is 5.24. The summed E-state index contributed by atoms with van der Waals surface area (Å²) in [6.45, 7) is 1.60. The number of alkyl halides is 3. The first kappa shape index (κ1) is 21.4. The first-order valence-corrected chi connectivity index (χ1v) is 11.6. The Morgan fingerprint density at radius 3 is 2.68 bits per heavy atom. The van der Waals surface area contributed by atoms with E-state index in [9.17, 15) is 18.0 Å². The second kappa shape index (κ2) is 7.43. The Bertz CT molecular complexity index is 1280. The van der Waals surface area contributed by atoms with E-state index in [2.05, 4.69) is 4.98 Å². The van der Waals surface area contributed by atoms with Crippen molar-refractivity contribution in [3.8, 4) is 11.3 Å². The van der Waals surface area contributed by atoms with Gasteiger partial charge in [-0.25, -0.2) is 9.97 Å². The number of hydrogen-bond donors (Lipinski definition) is 2. The number of aromatic amines is 1. The van der Waals surface area contributed by atoms with Crippen LogP contribution in [0.4, 0.5) is 19.1 Å². The van der Waals surface area contributed by atoms with Gasteiger partial charge in [0.2, 0.25) is 11.9 Å². The van der Waals surface area contributed by atoms with Crippen molar-refractivity contribution in [3.63, 3.8) is 0 Å². The van der Waals surface area contributed by atoms with Gasteiger partial charge in [0, 0.05) is 53.9 Å². The number of nitrogens with two attached hydrogens (primary N) is 1. The highest BCUT2D eigenvalue weighted by Crippen LogP contribution is 2.59. The van der Waals surface area contributed by atoms with Crippen molar-refractivity contribution in [1.29, 1.82) is 0 Å². The SMILES string of the molecule is N[C@H]1CCN(c2nc3c(c(-c4c[nH]c5ccccc45)n2)CCN(C(=O)C2(C(F)(F)F)CC2)C3)C1. The number of carbonyl (C=O) groups excluding carboxylic acids is 1. The number of para-hydroxylation sites is 1. The van der Waals surface area contributed by atoms with Crippen LogP contribution >= 0.6 is 0 Å². The van der Waals surface area contributed by atoms with Gasteiger partial charge in [0.1, 0.15) is 5.41 Å². The lowest BCUT2D eigenvalue weighted by Gasteiger charge is -2.33. The molecule has 0 bridgehead atoms. The van der Waals surface area contributed by atoms with E-state index >= 15 is 0 Å².